The largest absolute Gasteiger partial charge is 0.480 e. The first-order valence-corrected chi connectivity index (χ1v) is 5.37. The zero-order valence-electron chi connectivity index (χ0n) is 9.93. The van der Waals surface area contributed by atoms with Crippen molar-refractivity contribution >= 4 is 11.9 Å². The van der Waals surface area contributed by atoms with Gasteiger partial charge in [-0.1, -0.05) is 0 Å². The smallest absolute Gasteiger partial charge is 0.328 e. The van der Waals surface area contributed by atoms with E-state index in [1.54, 1.807) is 7.05 Å². The summed E-state index contributed by atoms with van der Waals surface area (Å²) in [6.45, 7) is 0.701. The highest BCUT2D eigenvalue weighted by Gasteiger charge is 2.34. The maximum Gasteiger partial charge on any atom is 0.328 e. The number of ether oxygens (including phenoxy) is 2. The summed E-state index contributed by atoms with van der Waals surface area (Å²) in [6.07, 6.45) is 0. The van der Waals surface area contributed by atoms with Crippen LogP contribution in [0.25, 0.3) is 0 Å². The van der Waals surface area contributed by atoms with Crippen molar-refractivity contribution in [2.45, 2.75) is 12.1 Å². The molecule has 0 aromatic rings. The maximum atomic E-state index is 11.9. The fourth-order valence-electron chi connectivity index (χ4n) is 1.72. The maximum absolute atomic E-state index is 11.9. The molecule has 3 atom stereocenters. The van der Waals surface area contributed by atoms with Gasteiger partial charge in [-0.15, -0.1) is 0 Å². The van der Waals surface area contributed by atoms with Gasteiger partial charge >= 0.3 is 5.97 Å². The molecule has 3 unspecified atom stereocenters. The summed E-state index contributed by atoms with van der Waals surface area (Å²) in [6, 6.07) is -1.10. The van der Waals surface area contributed by atoms with Crippen LogP contribution in [-0.4, -0.2) is 63.0 Å². The van der Waals surface area contributed by atoms with Crippen molar-refractivity contribution < 1.29 is 24.2 Å². The van der Waals surface area contributed by atoms with Gasteiger partial charge in [0.15, 0.2) is 6.04 Å². The monoisotopic (exact) mass is 246 g/mol. The molecule has 1 amide bonds. The van der Waals surface area contributed by atoms with Crippen LogP contribution >= 0.6 is 0 Å². The van der Waals surface area contributed by atoms with Crippen LogP contribution < -0.4 is 10.6 Å². The number of hydrogen-bond acceptors (Lipinski definition) is 5. The Kier molecular flexibility index (Phi) is 5.33. The molecule has 1 saturated heterocycles. The highest BCUT2D eigenvalue weighted by molar-refractivity contribution is 5.85. The Hall–Kier alpha value is -1.18. The number of carbonyl (C=O) groups excluding carboxylic acids is 1. The zero-order valence-corrected chi connectivity index (χ0v) is 9.93. The lowest BCUT2D eigenvalue weighted by atomic mass is 10.0. The van der Waals surface area contributed by atoms with Crippen LogP contribution in [-0.2, 0) is 19.1 Å². The Balaban J connectivity index is 2.54. The first-order valence-electron chi connectivity index (χ1n) is 5.37. The fourth-order valence-corrected chi connectivity index (χ4v) is 1.72. The van der Waals surface area contributed by atoms with E-state index in [1.807, 2.05) is 0 Å². The summed E-state index contributed by atoms with van der Waals surface area (Å²) in [5, 5.41) is 14.3. The second kappa shape index (κ2) is 6.53. The van der Waals surface area contributed by atoms with Gasteiger partial charge in [-0.05, 0) is 7.05 Å². The van der Waals surface area contributed by atoms with Crippen LogP contribution in [0.3, 0.4) is 0 Å². The number of likely N-dealkylation sites (N-methyl/N-ethyl adjacent to an activating group) is 1. The van der Waals surface area contributed by atoms with E-state index in [2.05, 4.69) is 10.6 Å². The molecule has 1 aliphatic rings. The van der Waals surface area contributed by atoms with Crippen molar-refractivity contribution in [1.82, 2.24) is 10.6 Å². The van der Waals surface area contributed by atoms with Crippen LogP contribution in [0.4, 0.5) is 0 Å². The number of carbonyl (C=O) groups is 2. The third-order valence-electron chi connectivity index (χ3n) is 2.74. The highest BCUT2D eigenvalue weighted by Crippen LogP contribution is 2.13. The van der Waals surface area contributed by atoms with Gasteiger partial charge in [0, 0.05) is 13.2 Å². The molecule has 0 aromatic heterocycles. The van der Waals surface area contributed by atoms with Crippen molar-refractivity contribution in [3.8, 4) is 0 Å². The second-order valence-corrected chi connectivity index (χ2v) is 3.89. The first kappa shape index (κ1) is 13.9. The van der Waals surface area contributed by atoms with Gasteiger partial charge in [0.25, 0.3) is 0 Å². The molecule has 0 spiro atoms. The molecule has 1 heterocycles. The fraction of sp³-hybridized carbons (Fsp3) is 0.800. The molecular formula is C10H18N2O5. The molecule has 0 saturated carbocycles. The summed E-state index contributed by atoms with van der Waals surface area (Å²) in [5.41, 5.74) is 0. The predicted molar refractivity (Wildman–Crippen MR) is 58.6 cm³/mol. The Morgan fingerprint density at radius 1 is 1.53 bits per heavy atom. The molecule has 0 radical (unpaired) electrons. The van der Waals surface area contributed by atoms with Gasteiger partial charge in [0.05, 0.1) is 25.7 Å². The molecular weight excluding hydrogens is 228 g/mol. The van der Waals surface area contributed by atoms with E-state index < -0.39 is 12.0 Å². The number of carboxylic acids is 1. The second-order valence-electron chi connectivity index (χ2n) is 3.89. The standard InChI is InChI=1S/C10H18N2O5/c1-11-7-5-17-3-6(7)9(13)12-8(4-16-2)10(14)15/h6-8,11H,3-5H2,1-2H3,(H,12,13)(H,14,15). The minimum atomic E-state index is -1.11. The topological polar surface area (TPSA) is 96.9 Å². The van der Waals surface area contributed by atoms with Crippen molar-refractivity contribution in [3.63, 3.8) is 0 Å². The number of hydrogen-bond donors (Lipinski definition) is 3. The summed E-state index contributed by atoms with van der Waals surface area (Å²) in [4.78, 5) is 22.7. The van der Waals surface area contributed by atoms with E-state index >= 15 is 0 Å². The molecule has 98 valence electrons. The number of aliphatic carboxylic acids is 1. The molecule has 0 bridgehead atoms. The Labute approximate surface area is 99.5 Å². The number of nitrogens with one attached hydrogen (secondary N) is 2. The lowest BCUT2D eigenvalue weighted by Gasteiger charge is -2.19. The van der Waals surface area contributed by atoms with Crippen molar-refractivity contribution in [3.05, 3.63) is 0 Å². The van der Waals surface area contributed by atoms with E-state index in [1.165, 1.54) is 7.11 Å². The molecule has 3 N–H and O–H groups in total. The van der Waals surface area contributed by atoms with E-state index in [0.717, 1.165) is 0 Å². The van der Waals surface area contributed by atoms with Gasteiger partial charge in [0.1, 0.15) is 0 Å². The third-order valence-corrected chi connectivity index (χ3v) is 2.74. The minimum Gasteiger partial charge on any atom is -0.480 e. The molecule has 0 aliphatic carbocycles. The minimum absolute atomic E-state index is 0.0567. The normalized spacial score (nSPS) is 25.5. The Morgan fingerprint density at radius 3 is 2.76 bits per heavy atom. The SMILES string of the molecule is CNC1COCC1C(=O)NC(COC)C(=O)O. The summed E-state index contributed by atoms with van der Waals surface area (Å²) >= 11 is 0. The average Bonchev–Trinajstić information content (AvgIpc) is 2.76. The van der Waals surface area contributed by atoms with Gasteiger partial charge < -0.3 is 25.2 Å². The Bertz CT molecular complexity index is 284. The van der Waals surface area contributed by atoms with E-state index in [4.69, 9.17) is 14.6 Å². The predicted octanol–water partition coefficient (Wildman–Crippen LogP) is -1.56. The Morgan fingerprint density at radius 2 is 2.24 bits per heavy atom. The van der Waals surface area contributed by atoms with Crippen LogP contribution in [0, 0.1) is 5.92 Å². The van der Waals surface area contributed by atoms with Gasteiger partial charge in [0.2, 0.25) is 5.91 Å². The highest BCUT2D eigenvalue weighted by atomic mass is 16.5. The molecule has 1 fully saturated rings. The van der Waals surface area contributed by atoms with Crippen LogP contribution in [0.1, 0.15) is 0 Å². The van der Waals surface area contributed by atoms with Gasteiger partial charge in [-0.3, -0.25) is 4.79 Å². The molecule has 0 aromatic carbocycles. The molecule has 7 nitrogen and oxygen atoms in total. The molecule has 1 aliphatic heterocycles. The number of amides is 1. The average molecular weight is 246 g/mol. The van der Waals surface area contributed by atoms with E-state index in [9.17, 15) is 9.59 Å². The van der Waals surface area contributed by atoms with Crippen molar-refractivity contribution in [2.75, 3.05) is 34.0 Å². The number of carboxylic acid groups (broad SMARTS) is 1. The molecule has 7 heteroatoms. The van der Waals surface area contributed by atoms with E-state index in [-0.39, 0.29) is 24.5 Å². The zero-order chi connectivity index (χ0) is 12.8. The number of rotatable bonds is 6. The van der Waals surface area contributed by atoms with Crippen LogP contribution in [0.2, 0.25) is 0 Å². The lowest BCUT2D eigenvalue weighted by molar-refractivity contribution is -0.144. The quantitative estimate of drug-likeness (QED) is 0.524. The van der Waals surface area contributed by atoms with Crippen molar-refractivity contribution in [2.24, 2.45) is 5.92 Å². The van der Waals surface area contributed by atoms with Gasteiger partial charge in [-0.25, -0.2) is 4.79 Å². The summed E-state index contributed by atoms with van der Waals surface area (Å²) in [7, 11) is 3.13. The van der Waals surface area contributed by atoms with Crippen LogP contribution in [0.5, 0.6) is 0 Å². The van der Waals surface area contributed by atoms with Crippen molar-refractivity contribution in [1.29, 1.82) is 0 Å². The summed E-state index contributed by atoms with van der Waals surface area (Å²) in [5.74, 6) is -1.80. The summed E-state index contributed by atoms with van der Waals surface area (Å²) < 4.78 is 9.92. The van der Waals surface area contributed by atoms with Gasteiger partial charge in [-0.2, -0.15) is 0 Å². The third kappa shape index (κ3) is 3.65. The first-order chi connectivity index (χ1) is 8.10. The lowest BCUT2D eigenvalue weighted by Crippen LogP contribution is -2.50. The van der Waals surface area contributed by atoms with E-state index in [0.29, 0.717) is 13.2 Å². The van der Waals surface area contributed by atoms with Crippen LogP contribution in [0.15, 0.2) is 0 Å². The molecule has 17 heavy (non-hydrogen) atoms. The number of methoxy groups -OCH3 is 1. The molecule has 1 rings (SSSR count).